The highest BCUT2D eigenvalue weighted by Gasteiger charge is 2.54. The van der Waals surface area contributed by atoms with Crippen LogP contribution in [-0.2, 0) is 13.1 Å². The standard InChI is InChI=1S/C16H19F4N3O/c1-2-23-12-5-3-4-11(17)14(12)21-13(23)10-22-8-6-15(24,7-9-22)16(18,19)20/h3-5,24H,2,6-10H2,1H3. The Morgan fingerprint density at radius 1 is 1.25 bits per heavy atom. The lowest BCUT2D eigenvalue weighted by Crippen LogP contribution is -2.53. The van der Waals surface area contributed by atoms with Gasteiger partial charge in [-0.3, -0.25) is 4.90 Å². The second-order valence-corrected chi connectivity index (χ2v) is 6.19. The van der Waals surface area contributed by atoms with Gasteiger partial charge in [-0.25, -0.2) is 9.37 Å². The number of hydrogen-bond donors (Lipinski definition) is 1. The van der Waals surface area contributed by atoms with Crippen molar-refractivity contribution in [3.63, 3.8) is 0 Å². The minimum absolute atomic E-state index is 0.116. The molecule has 1 aliphatic heterocycles. The molecule has 3 rings (SSSR count). The predicted octanol–water partition coefficient (Wildman–Crippen LogP) is 3.08. The molecule has 0 amide bonds. The van der Waals surface area contributed by atoms with Gasteiger partial charge in [0, 0.05) is 19.6 Å². The van der Waals surface area contributed by atoms with Gasteiger partial charge in [-0.1, -0.05) is 6.07 Å². The molecule has 1 N–H and O–H groups in total. The van der Waals surface area contributed by atoms with Crippen LogP contribution < -0.4 is 0 Å². The van der Waals surface area contributed by atoms with Gasteiger partial charge in [0.25, 0.3) is 0 Å². The number of rotatable bonds is 3. The molecule has 8 heteroatoms. The van der Waals surface area contributed by atoms with E-state index in [1.165, 1.54) is 6.07 Å². The van der Waals surface area contributed by atoms with Crippen molar-refractivity contribution in [2.24, 2.45) is 0 Å². The Balaban J connectivity index is 1.78. The second kappa shape index (κ2) is 6.00. The van der Waals surface area contributed by atoms with Gasteiger partial charge in [-0.05, 0) is 31.9 Å². The number of alkyl halides is 3. The summed E-state index contributed by atoms with van der Waals surface area (Å²) in [6.07, 6.45) is -5.34. The summed E-state index contributed by atoms with van der Waals surface area (Å²) in [6, 6.07) is 4.72. The number of fused-ring (bicyclic) bond motifs is 1. The van der Waals surface area contributed by atoms with Crippen LogP contribution in [0, 0.1) is 5.82 Å². The van der Waals surface area contributed by atoms with Crippen LogP contribution in [0.5, 0.6) is 0 Å². The summed E-state index contributed by atoms with van der Waals surface area (Å²) in [7, 11) is 0. The Hall–Kier alpha value is -1.67. The zero-order chi connectivity index (χ0) is 17.5. The zero-order valence-electron chi connectivity index (χ0n) is 13.3. The highest BCUT2D eigenvalue weighted by molar-refractivity contribution is 5.76. The fourth-order valence-electron chi connectivity index (χ4n) is 3.20. The molecule has 24 heavy (non-hydrogen) atoms. The van der Waals surface area contributed by atoms with Gasteiger partial charge in [0.05, 0.1) is 12.1 Å². The summed E-state index contributed by atoms with van der Waals surface area (Å²) in [5.41, 5.74) is -1.66. The lowest BCUT2D eigenvalue weighted by atomic mass is 9.91. The number of likely N-dealkylation sites (tertiary alicyclic amines) is 1. The lowest BCUT2D eigenvalue weighted by Gasteiger charge is -2.38. The molecule has 0 unspecified atom stereocenters. The summed E-state index contributed by atoms with van der Waals surface area (Å²) < 4.78 is 54.3. The van der Waals surface area contributed by atoms with Gasteiger partial charge < -0.3 is 9.67 Å². The van der Waals surface area contributed by atoms with E-state index in [4.69, 9.17) is 0 Å². The molecule has 1 fully saturated rings. The summed E-state index contributed by atoms with van der Waals surface area (Å²) in [5.74, 6) is 0.209. The van der Waals surface area contributed by atoms with Crippen molar-refractivity contribution in [2.75, 3.05) is 13.1 Å². The highest BCUT2D eigenvalue weighted by Crippen LogP contribution is 2.38. The number of piperidine rings is 1. The monoisotopic (exact) mass is 345 g/mol. The van der Waals surface area contributed by atoms with Gasteiger partial charge in [-0.2, -0.15) is 13.2 Å². The van der Waals surface area contributed by atoms with Crippen LogP contribution in [0.4, 0.5) is 17.6 Å². The fourth-order valence-corrected chi connectivity index (χ4v) is 3.20. The van der Waals surface area contributed by atoms with Crippen LogP contribution >= 0.6 is 0 Å². The molecule has 2 heterocycles. The van der Waals surface area contributed by atoms with Gasteiger partial charge in [0.2, 0.25) is 0 Å². The molecular formula is C16H19F4N3O. The number of benzene rings is 1. The average Bonchev–Trinajstić information content (AvgIpc) is 2.87. The Kier molecular flexibility index (Phi) is 4.29. The fraction of sp³-hybridized carbons (Fsp3) is 0.562. The molecule has 2 aromatic rings. The molecule has 4 nitrogen and oxygen atoms in total. The van der Waals surface area contributed by atoms with Crippen molar-refractivity contribution in [1.82, 2.24) is 14.5 Å². The Morgan fingerprint density at radius 2 is 1.92 bits per heavy atom. The van der Waals surface area contributed by atoms with Crippen LogP contribution in [0.2, 0.25) is 0 Å². The number of nitrogens with zero attached hydrogens (tertiary/aromatic N) is 3. The van der Waals surface area contributed by atoms with E-state index in [0.29, 0.717) is 24.4 Å². The number of imidazole rings is 1. The Morgan fingerprint density at radius 3 is 2.50 bits per heavy atom. The first kappa shape index (κ1) is 17.2. The van der Waals surface area contributed by atoms with Crippen LogP contribution in [0.15, 0.2) is 18.2 Å². The van der Waals surface area contributed by atoms with Crippen molar-refractivity contribution in [1.29, 1.82) is 0 Å². The second-order valence-electron chi connectivity index (χ2n) is 6.19. The molecule has 1 aromatic carbocycles. The minimum atomic E-state index is -4.61. The first-order valence-corrected chi connectivity index (χ1v) is 7.90. The van der Waals surface area contributed by atoms with Crippen LogP contribution in [0.3, 0.4) is 0 Å². The van der Waals surface area contributed by atoms with Gasteiger partial charge in [0.1, 0.15) is 11.3 Å². The quantitative estimate of drug-likeness (QED) is 0.870. The number of halogens is 4. The molecule has 0 saturated carbocycles. The van der Waals surface area contributed by atoms with Crippen LogP contribution in [0.25, 0.3) is 11.0 Å². The van der Waals surface area contributed by atoms with Crippen molar-refractivity contribution in [3.8, 4) is 0 Å². The molecular weight excluding hydrogens is 326 g/mol. The van der Waals surface area contributed by atoms with Crippen molar-refractivity contribution in [3.05, 3.63) is 29.8 Å². The molecule has 0 radical (unpaired) electrons. The normalized spacial score (nSPS) is 19.1. The van der Waals surface area contributed by atoms with E-state index in [-0.39, 0.29) is 31.4 Å². The van der Waals surface area contributed by atoms with Crippen LogP contribution in [-0.4, -0.2) is 44.4 Å². The van der Waals surface area contributed by atoms with Crippen molar-refractivity contribution in [2.45, 2.75) is 44.6 Å². The van der Waals surface area contributed by atoms with E-state index in [1.807, 2.05) is 16.4 Å². The molecule has 1 aromatic heterocycles. The summed E-state index contributed by atoms with van der Waals surface area (Å²) in [6.45, 7) is 3.07. The van der Waals surface area contributed by atoms with E-state index in [1.54, 1.807) is 12.1 Å². The summed E-state index contributed by atoms with van der Waals surface area (Å²) >= 11 is 0. The maximum Gasteiger partial charge on any atom is 0.417 e. The summed E-state index contributed by atoms with van der Waals surface area (Å²) in [5, 5.41) is 9.72. The largest absolute Gasteiger partial charge is 0.417 e. The number of hydrogen-bond acceptors (Lipinski definition) is 3. The van der Waals surface area contributed by atoms with Gasteiger partial charge in [0.15, 0.2) is 11.4 Å². The van der Waals surface area contributed by atoms with E-state index >= 15 is 0 Å². The molecule has 1 saturated heterocycles. The van der Waals surface area contributed by atoms with E-state index in [0.717, 1.165) is 0 Å². The smallest absolute Gasteiger partial charge is 0.380 e. The number of para-hydroxylation sites is 1. The molecule has 0 spiro atoms. The zero-order valence-corrected chi connectivity index (χ0v) is 13.3. The first-order valence-electron chi connectivity index (χ1n) is 7.90. The molecule has 132 valence electrons. The maximum absolute atomic E-state index is 13.9. The van der Waals surface area contributed by atoms with Crippen LogP contribution in [0.1, 0.15) is 25.6 Å². The van der Waals surface area contributed by atoms with Gasteiger partial charge in [-0.15, -0.1) is 0 Å². The third-order valence-corrected chi connectivity index (χ3v) is 4.70. The SMILES string of the molecule is CCn1c(CN2CCC(O)(C(F)(F)F)CC2)nc2c(F)cccc21. The number of aliphatic hydroxyl groups is 1. The lowest BCUT2D eigenvalue weighted by molar-refractivity contribution is -0.273. The maximum atomic E-state index is 13.9. The molecule has 0 atom stereocenters. The van der Waals surface area contributed by atoms with Crippen molar-refractivity contribution >= 4 is 11.0 Å². The Bertz CT molecular complexity index is 733. The number of aromatic nitrogens is 2. The summed E-state index contributed by atoms with van der Waals surface area (Å²) in [4.78, 5) is 6.13. The predicted molar refractivity (Wildman–Crippen MR) is 80.9 cm³/mol. The first-order chi connectivity index (χ1) is 11.2. The number of aryl methyl sites for hydroxylation is 1. The van der Waals surface area contributed by atoms with E-state index < -0.39 is 17.6 Å². The van der Waals surface area contributed by atoms with Crippen molar-refractivity contribution < 1.29 is 22.7 Å². The molecule has 0 bridgehead atoms. The van der Waals surface area contributed by atoms with E-state index in [2.05, 4.69) is 4.98 Å². The minimum Gasteiger partial charge on any atom is -0.380 e. The van der Waals surface area contributed by atoms with E-state index in [9.17, 15) is 22.7 Å². The third-order valence-electron chi connectivity index (χ3n) is 4.70. The highest BCUT2D eigenvalue weighted by atomic mass is 19.4. The Labute approximate surface area is 136 Å². The molecule has 0 aliphatic carbocycles. The average molecular weight is 345 g/mol. The third kappa shape index (κ3) is 2.88. The van der Waals surface area contributed by atoms with Gasteiger partial charge >= 0.3 is 6.18 Å². The molecule has 1 aliphatic rings. The topological polar surface area (TPSA) is 41.3 Å².